The Balaban J connectivity index is 0.000000234. The van der Waals surface area contributed by atoms with Gasteiger partial charge in [0.15, 0.2) is 0 Å². The Hall–Kier alpha value is -2.61. The molecule has 2 aromatic rings. The van der Waals surface area contributed by atoms with E-state index >= 15 is 0 Å². The number of pyridine rings is 1. The van der Waals surface area contributed by atoms with Crippen molar-refractivity contribution in [1.29, 1.82) is 0 Å². The maximum Gasteiger partial charge on any atom is 0.433 e. The van der Waals surface area contributed by atoms with Crippen molar-refractivity contribution in [2.45, 2.75) is 43.8 Å². The number of hydrogen-bond donors (Lipinski definition) is 3. The lowest BCUT2D eigenvalue weighted by molar-refractivity contribution is -0.141. The number of carbonyl (C=O) groups excluding carboxylic acids is 1. The van der Waals surface area contributed by atoms with Crippen molar-refractivity contribution < 1.29 is 31.0 Å². The van der Waals surface area contributed by atoms with Gasteiger partial charge >= 0.3 is 18.8 Å². The molecule has 1 atom stereocenters. The second-order valence-corrected chi connectivity index (χ2v) is 7.02. The number of nitrogens with zero attached hydrogens (tertiary/aromatic N) is 3. The summed E-state index contributed by atoms with van der Waals surface area (Å²) in [5.74, 6) is 0. The van der Waals surface area contributed by atoms with Crippen LogP contribution in [0.15, 0.2) is 17.3 Å². The Kier molecular flexibility index (Phi) is 6.89. The third-order valence-electron chi connectivity index (χ3n) is 3.99. The van der Waals surface area contributed by atoms with Crippen LogP contribution in [-0.4, -0.2) is 25.0 Å². The van der Waals surface area contributed by atoms with Gasteiger partial charge in [-0.15, -0.1) is 0 Å². The van der Waals surface area contributed by atoms with E-state index in [1.165, 1.54) is 6.92 Å². The number of rotatable bonds is 3. The third-order valence-corrected chi connectivity index (χ3v) is 4.67. The monoisotopic (exact) mass is 440 g/mol. The number of amides is 2. The van der Waals surface area contributed by atoms with Gasteiger partial charge in [-0.3, -0.25) is 0 Å². The topological polar surface area (TPSA) is 129 Å². The molecular formula is C15H17F5N6O2S. The van der Waals surface area contributed by atoms with Crippen LogP contribution in [0, 0.1) is 6.92 Å². The molecule has 0 spiro atoms. The Morgan fingerprint density at radius 2 is 2.00 bits per heavy atom. The van der Waals surface area contributed by atoms with Gasteiger partial charge in [0.2, 0.25) is 0 Å². The standard InChI is InChI=1S/C11H12F3N3O.C4H5F2N3OS/c1-5-8(17-10(15)18)6-3-2-4-7(6)16-9(5)11(12,13)14;5-4(6)9-2-3(1-8-9)11(7)10/h2-4H2,1H3,(H3,15,16,17,18);1-2,4H,7H2. The van der Waals surface area contributed by atoms with Crippen molar-refractivity contribution in [2.24, 2.45) is 10.9 Å². The van der Waals surface area contributed by atoms with Crippen LogP contribution in [0.3, 0.4) is 0 Å². The molecule has 160 valence electrons. The fourth-order valence-electron chi connectivity index (χ4n) is 2.78. The molecule has 3 rings (SSSR count). The molecule has 0 saturated carbocycles. The number of halogens is 5. The van der Waals surface area contributed by atoms with Gasteiger partial charge < -0.3 is 11.1 Å². The summed E-state index contributed by atoms with van der Waals surface area (Å²) in [7, 11) is -1.74. The number of aromatic nitrogens is 3. The molecule has 2 amide bonds. The molecule has 1 aliphatic carbocycles. The first-order chi connectivity index (χ1) is 13.4. The van der Waals surface area contributed by atoms with Crippen LogP contribution in [0.4, 0.5) is 32.4 Å². The minimum atomic E-state index is -4.53. The molecule has 8 nitrogen and oxygen atoms in total. The lowest BCUT2D eigenvalue weighted by Crippen LogP contribution is -2.23. The predicted molar refractivity (Wildman–Crippen MR) is 93.3 cm³/mol. The summed E-state index contributed by atoms with van der Waals surface area (Å²) in [6.45, 7) is -1.42. The molecule has 14 heteroatoms. The number of anilines is 1. The Morgan fingerprint density at radius 1 is 1.34 bits per heavy atom. The summed E-state index contributed by atoms with van der Waals surface area (Å²) >= 11 is 0. The first-order valence-electron chi connectivity index (χ1n) is 8.06. The molecule has 1 aliphatic rings. The summed E-state index contributed by atoms with van der Waals surface area (Å²) in [5.41, 5.74) is 5.19. The van der Waals surface area contributed by atoms with Crippen LogP contribution < -0.4 is 16.2 Å². The van der Waals surface area contributed by atoms with Gasteiger partial charge in [0.25, 0.3) is 0 Å². The normalized spacial score (nSPS) is 14.2. The summed E-state index contributed by atoms with van der Waals surface area (Å²) in [6, 6.07) is -0.869. The van der Waals surface area contributed by atoms with E-state index in [2.05, 4.69) is 15.4 Å². The van der Waals surface area contributed by atoms with E-state index in [9.17, 15) is 31.0 Å². The molecule has 5 N–H and O–H groups in total. The number of urea groups is 1. The molecular weight excluding hydrogens is 423 g/mol. The minimum absolute atomic E-state index is 0.0815. The highest BCUT2D eigenvalue weighted by molar-refractivity contribution is 7.82. The average molecular weight is 440 g/mol. The second kappa shape index (κ2) is 8.82. The van der Waals surface area contributed by atoms with E-state index in [1.807, 2.05) is 0 Å². The van der Waals surface area contributed by atoms with Crippen LogP contribution in [0.5, 0.6) is 0 Å². The van der Waals surface area contributed by atoms with Crippen LogP contribution >= 0.6 is 0 Å². The van der Waals surface area contributed by atoms with E-state index in [1.54, 1.807) is 0 Å². The molecule has 0 aliphatic heterocycles. The highest BCUT2D eigenvalue weighted by Gasteiger charge is 2.37. The van der Waals surface area contributed by atoms with Gasteiger partial charge in [0, 0.05) is 17.5 Å². The number of nitrogens with one attached hydrogen (secondary N) is 1. The number of fused-ring (bicyclic) bond motifs is 1. The molecule has 0 fully saturated rings. The second-order valence-electron chi connectivity index (χ2n) is 5.96. The van der Waals surface area contributed by atoms with Gasteiger partial charge in [-0.25, -0.2) is 23.8 Å². The summed E-state index contributed by atoms with van der Waals surface area (Å²) in [4.78, 5) is 14.7. The first kappa shape index (κ1) is 22.7. The highest BCUT2D eigenvalue weighted by Crippen LogP contribution is 2.38. The van der Waals surface area contributed by atoms with Crippen molar-refractivity contribution in [3.8, 4) is 0 Å². The number of carbonyl (C=O) groups is 1. The molecule has 0 radical (unpaired) electrons. The number of aryl methyl sites for hydroxylation is 1. The highest BCUT2D eigenvalue weighted by atomic mass is 32.2. The Morgan fingerprint density at radius 3 is 2.45 bits per heavy atom. The lowest BCUT2D eigenvalue weighted by atomic mass is 10.1. The SMILES string of the molecule is Cc1c(C(F)(F)F)nc2c(c1NC(N)=O)CCC2.NS(=O)c1cnn(C(F)F)c1. The maximum atomic E-state index is 12.8. The van der Waals surface area contributed by atoms with Crippen molar-refractivity contribution in [3.05, 3.63) is 34.9 Å². The maximum absolute atomic E-state index is 12.8. The Labute approximate surface area is 164 Å². The molecule has 0 saturated heterocycles. The number of primary amides is 1. The van der Waals surface area contributed by atoms with Crippen molar-refractivity contribution in [3.63, 3.8) is 0 Å². The van der Waals surface area contributed by atoms with E-state index in [-0.39, 0.29) is 16.1 Å². The third kappa shape index (κ3) is 5.47. The first-order valence-corrected chi connectivity index (χ1v) is 9.27. The molecule has 1 unspecified atom stereocenters. The summed E-state index contributed by atoms with van der Waals surface area (Å²) in [6.07, 6.45) is -0.710. The number of alkyl halides is 5. The quantitative estimate of drug-likeness (QED) is 0.634. The zero-order valence-electron chi connectivity index (χ0n) is 15.0. The lowest BCUT2D eigenvalue weighted by Gasteiger charge is -2.17. The van der Waals surface area contributed by atoms with E-state index < -0.39 is 35.4 Å². The molecule has 2 aromatic heterocycles. The van der Waals surface area contributed by atoms with E-state index in [4.69, 9.17) is 10.9 Å². The zero-order valence-corrected chi connectivity index (χ0v) is 15.8. The van der Waals surface area contributed by atoms with Crippen molar-refractivity contribution in [1.82, 2.24) is 14.8 Å². The fourth-order valence-corrected chi connectivity index (χ4v) is 3.15. The molecule has 2 heterocycles. The largest absolute Gasteiger partial charge is 0.433 e. The van der Waals surface area contributed by atoms with Gasteiger partial charge in [-0.2, -0.15) is 27.1 Å². The molecule has 0 aromatic carbocycles. The van der Waals surface area contributed by atoms with Crippen LogP contribution in [0.2, 0.25) is 0 Å². The van der Waals surface area contributed by atoms with Gasteiger partial charge in [-0.05, 0) is 31.7 Å². The van der Waals surface area contributed by atoms with Gasteiger partial charge in [0.05, 0.1) is 16.8 Å². The van der Waals surface area contributed by atoms with Crippen LogP contribution in [-0.2, 0) is 30.0 Å². The number of hydrogen-bond acceptors (Lipinski definition) is 4. The molecule has 29 heavy (non-hydrogen) atoms. The summed E-state index contributed by atoms with van der Waals surface area (Å²) < 4.78 is 73.0. The minimum Gasteiger partial charge on any atom is -0.351 e. The molecule has 0 bridgehead atoms. The van der Waals surface area contributed by atoms with Gasteiger partial charge in [-0.1, -0.05) is 0 Å². The number of nitrogens with two attached hydrogens (primary N) is 2. The van der Waals surface area contributed by atoms with Crippen LogP contribution in [0.25, 0.3) is 0 Å². The average Bonchev–Trinajstić information content (AvgIpc) is 3.25. The van der Waals surface area contributed by atoms with Crippen molar-refractivity contribution >= 4 is 22.7 Å². The van der Waals surface area contributed by atoms with Gasteiger partial charge in [0.1, 0.15) is 16.7 Å². The van der Waals surface area contributed by atoms with Crippen LogP contribution in [0.1, 0.15) is 35.5 Å². The Bertz CT molecular complexity index is 931. The van der Waals surface area contributed by atoms with Crippen molar-refractivity contribution in [2.75, 3.05) is 5.32 Å². The van der Waals surface area contributed by atoms with E-state index in [0.717, 1.165) is 18.8 Å². The smallest absolute Gasteiger partial charge is 0.351 e. The van der Waals surface area contributed by atoms with E-state index in [0.29, 0.717) is 28.8 Å². The zero-order chi connectivity index (χ0) is 21.9. The predicted octanol–water partition coefficient (Wildman–Crippen LogP) is 2.65. The summed E-state index contributed by atoms with van der Waals surface area (Å²) in [5, 5.41) is 10.4. The fraction of sp³-hybridized carbons (Fsp3) is 0.400.